The van der Waals surface area contributed by atoms with Crippen LogP contribution in [-0.2, 0) is 27.1 Å². The van der Waals surface area contributed by atoms with Gasteiger partial charge >= 0.3 is 12.1 Å². The van der Waals surface area contributed by atoms with Gasteiger partial charge in [0, 0.05) is 10.6 Å². The second-order valence-corrected chi connectivity index (χ2v) is 7.06. The van der Waals surface area contributed by atoms with Crippen molar-refractivity contribution >= 4 is 17.5 Å². The van der Waals surface area contributed by atoms with Crippen LogP contribution in [0.25, 0.3) is 11.4 Å². The van der Waals surface area contributed by atoms with E-state index in [9.17, 15) is 18.0 Å². The Balaban J connectivity index is 1.76. The number of terminal acetylenes is 1. The number of ether oxygens (including phenoxy) is 1. The number of carbonyl (C=O) groups is 1. The van der Waals surface area contributed by atoms with Gasteiger partial charge in [-0.3, -0.25) is 9.63 Å². The third kappa shape index (κ3) is 6.10. The second kappa shape index (κ2) is 10.5. The summed E-state index contributed by atoms with van der Waals surface area (Å²) in [5, 5.41) is 4.92. The number of nitrogens with zero attached hydrogens (tertiary/aromatic N) is 3. The summed E-state index contributed by atoms with van der Waals surface area (Å²) < 4.78 is 47.7. The normalized spacial score (nSPS) is 12.2. The molecule has 3 rings (SSSR count). The maximum Gasteiger partial charge on any atom is 0.471 e. The average molecular weight is 480 g/mol. The minimum atomic E-state index is -4.73. The van der Waals surface area contributed by atoms with E-state index in [1.165, 1.54) is 19.2 Å². The largest absolute Gasteiger partial charge is 0.471 e. The molecule has 1 heterocycles. The molecule has 0 aliphatic rings. The highest BCUT2D eigenvalue weighted by Gasteiger charge is 2.38. The summed E-state index contributed by atoms with van der Waals surface area (Å²) in [6, 6.07) is 12.7. The Hall–Kier alpha value is -3.39. The van der Waals surface area contributed by atoms with Gasteiger partial charge in [-0.05, 0) is 23.3 Å². The van der Waals surface area contributed by atoms with Crippen LogP contribution in [0.2, 0.25) is 5.02 Å². The van der Waals surface area contributed by atoms with E-state index < -0.39 is 24.1 Å². The molecule has 2 aromatic carbocycles. The first-order valence-corrected chi connectivity index (χ1v) is 9.77. The van der Waals surface area contributed by atoms with E-state index in [4.69, 9.17) is 27.6 Å². The smallest absolute Gasteiger partial charge is 0.351 e. The monoisotopic (exact) mass is 479 g/mol. The molecule has 0 bridgehead atoms. The molecule has 0 saturated carbocycles. The van der Waals surface area contributed by atoms with E-state index in [0.29, 0.717) is 21.7 Å². The van der Waals surface area contributed by atoms with Gasteiger partial charge in [-0.15, -0.1) is 6.42 Å². The average Bonchev–Trinajstić information content (AvgIpc) is 3.30. The Morgan fingerprint density at radius 2 is 1.88 bits per heavy atom. The van der Waals surface area contributed by atoms with Crippen LogP contribution in [0, 0.1) is 12.3 Å². The Bertz CT molecular complexity index is 1130. The molecule has 0 fully saturated rings. The Morgan fingerprint density at radius 3 is 2.42 bits per heavy atom. The van der Waals surface area contributed by atoms with Crippen LogP contribution >= 0.6 is 11.6 Å². The number of halogens is 4. The van der Waals surface area contributed by atoms with E-state index in [0.717, 1.165) is 5.06 Å². The van der Waals surface area contributed by atoms with Gasteiger partial charge in [0.25, 0.3) is 5.91 Å². The number of alkyl halides is 3. The number of hydrogen-bond donors (Lipinski definition) is 0. The number of rotatable bonds is 8. The van der Waals surface area contributed by atoms with Crippen molar-refractivity contribution in [2.24, 2.45) is 0 Å². The molecule has 7 nitrogen and oxygen atoms in total. The predicted octanol–water partition coefficient (Wildman–Crippen LogP) is 4.69. The quantitative estimate of drug-likeness (QED) is 0.344. The van der Waals surface area contributed by atoms with Crippen molar-refractivity contribution in [3.05, 3.63) is 70.6 Å². The highest BCUT2D eigenvalue weighted by molar-refractivity contribution is 6.30. The molecule has 1 unspecified atom stereocenters. The van der Waals surface area contributed by atoms with Crippen LogP contribution in [0.1, 0.15) is 23.1 Å². The van der Waals surface area contributed by atoms with Crippen LogP contribution < -0.4 is 0 Å². The van der Waals surface area contributed by atoms with Gasteiger partial charge < -0.3 is 9.26 Å². The lowest BCUT2D eigenvalue weighted by Gasteiger charge is -2.25. The van der Waals surface area contributed by atoms with Crippen molar-refractivity contribution in [2.45, 2.75) is 18.8 Å². The summed E-state index contributed by atoms with van der Waals surface area (Å²) in [7, 11) is 1.32. The summed E-state index contributed by atoms with van der Waals surface area (Å²) in [5.74, 6) is 0.175. The topological polar surface area (TPSA) is 77.7 Å². The molecule has 0 saturated heterocycles. The molecule has 0 N–H and O–H groups in total. The van der Waals surface area contributed by atoms with E-state index >= 15 is 0 Å². The Kier molecular flexibility index (Phi) is 7.71. The summed E-state index contributed by atoms with van der Waals surface area (Å²) in [6.07, 6.45) is -0.492. The molecule has 11 heteroatoms. The fraction of sp³-hybridized carbons (Fsp3) is 0.227. The minimum absolute atomic E-state index is 0.0269. The van der Waals surface area contributed by atoms with Gasteiger partial charge in [0.15, 0.2) is 6.10 Å². The highest BCUT2D eigenvalue weighted by atomic mass is 35.5. The van der Waals surface area contributed by atoms with E-state index in [1.54, 1.807) is 36.4 Å². The van der Waals surface area contributed by atoms with Gasteiger partial charge in [-0.25, -0.2) is 5.06 Å². The molecule has 0 spiro atoms. The van der Waals surface area contributed by atoms with E-state index in [-0.39, 0.29) is 19.0 Å². The lowest BCUT2D eigenvalue weighted by Crippen LogP contribution is -2.35. The van der Waals surface area contributed by atoms with Crippen LogP contribution in [0.3, 0.4) is 0 Å². The van der Waals surface area contributed by atoms with E-state index in [1.807, 2.05) is 0 Å². The lowest BCUT2D eigenvalue weighted by molar-refractivity contribution is -0.191. The van der Waals surface area contributed by atoms with Crippen molar-refractivity contribution in [1.82, 2.24) is 15.2 Å². The maximum absolute atomic E-state index is 13.1. The zero-order chi connectivity index (χ0) is 24.0. The molecule has 1 amide bonds. The predicted molar refractivity (Wildman–Crippen MR) is 111 cm³/mol. The van der Waals surface area contributed by atoms with Gasteiger partial charge in [0.05, 0.1) is 13.7 Å². The first-order valence-electron chi connectivity index (χ1n) is 9.39. The lowest BCUT2D eigenvalue weighted by atomic mass is 10.1. The number of aromatic nitrogens is 2. The van der Waals surface area contributed by atoms with Gasteiger partial charge in [-0.2, -0.15) is 18.2 Å². The zero-order valence-corrected chi connectivity index (χ0v) is 17.9. The summed E-state index contributed by atoms with van der Waals surface area (Å²) in [5.41, 5.74) is 1.47. The van der Waals surface area contributed by atoms with Gasteiger partial charge in [0.2, 0.25) is 5.82 Å². The Morgan fingerprint density at radius 1 is 1.21 bits per heavy atom. The highest BCUT2D eigenvalue weighted by Crippen LogP contribution is 2.29. The van der Waals surface area contributed by atoms with Crippen molar-refractivity contribution < 1.29 is 32.1 Å². The summed E-state index contributed by atoms with van der Waals surface area (Å²) >= 11 is 5.91. The standard InChI is InChI=1S/C22H17ClF3N3O4/c1-3-12-32-18(15-8-10-17(23)11-9-15)20(30)29(31-2)13-14-4-6-16(7-5-14)19-27-21(33-28-19)22(24,25)26/h1,4-11,18H,12-13H2,2H3. The van der Waals surface area contributed by atoms with Crippen LogP contribution in [0.15, 0.2) is 53.1 Å². The number of hydroxylamine groups is 2. The molecule has 0 aliphatic heterocycles. The molecule has 0 radical (unpaired) electrons. The molecule has 1 atom stereocenters. The third-order valence-corrected chi connectivity index (χ3v) is 4.66. The summed E-state index contributed by atoms with van der Waals surface area (Å²) in [6.45, 7) is -0.0743. The molecule has 33 heavy (non-hydrogen) atoms. The zero-order valence-electron chi connectivity index (χ0n) is 17.2. The van der Waals surface area contributed by atoms with Gasteiger partial charge in [0.1, 0.15) is 6.61 Å². The molecule has 1 aromatic heterocycles. The summed E-state index contributed by atoms with van der Waals surface area (Å²) in [4.78, 5) is 21.7. The fourth-order valence-electron chi connectivity index (χ4n) is 2.82. The van der Waals surface area contributed by atoms with Crippen molar-refractivity contribution in [3.63, 3.8) is 0 Å². The molecular weight excluding hydrogens is 463 g/mol. The van der Waals surface area contributed by atoms with Crippen molar-refractivity contribution in [2.75, 3.05) is 13.7 Å². The Labute approximate surface area is 192 Å². The third-order valence-electron chi connectivity index (χ3n) is 4.40. The van der Waals surface area contributed by atoms with Crippen molar-refractivity contribution in [3.8, 4) is 23.7 Å². The molecular formula is C22H17ClF3N3O4. The minimum Gasteiger partial charge on any atom is -0.351 e. The second-order valence-electron chi connectivity index (χ2n) is 6.62. The molecule has 0 aliphatic carbocycles. The number of hydrogen-bond acceptors (Lipinski definition) is 6. The SMILES string of the molecule is C#CCOC(C(=O)N(Cc1ccc(-c2noc(C(F)(F)F)n2)cc1)OC)c1ccc(Cl)cc1. The molecule has 3 aromatic rings. The van der Waals surface area contributed by atoms with Crippen molar-refractivity contribution in [1.29, 1.82) is 0 Å². The van der Waals surface area contributed by atoms with Crippen LogP contribution in [0.5, 0.6) is 0 Å². The fourth-order valence-corrected chi connectivity index (χ4v) is 2.95. The van der Waals surface area contributed by atoms with Crippen LogP contribution in [0.4, 0.5) is 13.2 Å². The first-order chi connectivity index (χ1) is 15.7. The number of carbonyl (C=O) groups excluding carboxylic acids is 1. The van der Waals surface area contributed by atoms with Crippen LogP contribution in [-0.4, -0.2) is 34.8 Å². The maximum atomic E-state index is 13.1. The number of benzene rings is 2. The van der Waals surface area contributed by atoms with E-state index in [2.05, 4.69) is 20.6 Å². The number of amides is 1. The first kappa shape index (κ1) is 24.3. The van der Waals surface area contributed by atoms with Gasteiger partial charge in [-0.1, -0.05) is 59.1 Å². The molecule has 172 valence electrons.